The summed E-state index contributed by atoms with van der Waals surface area (Å²) < 4.78 is 39.6. The minimum atomic E-state index is -4.39. The molecule has 0 spiro atoms. The highest BCUT2D eigenvalue weighted by Crippen LogP contribution is 2.34. The standard InChI is InChI=1S/C12H11F3N4/c13-12(14,15)7-3-4-8(9(16)6-7)11-18-17-10-2-1-5-19(10)11/h3-4,6H,1-2,5,16H2. The fourth-order valence-corrected chi connectivity index (χ4v) is 2.29. The summed E-state index contributed by atoms with van der Waals surface area (Å²) in [6.45, 7) is 0.776. The molecule has 0 fully saturated rings. The van der Waals surface area contributed by atoms with Crippen LogP contribution in [0, 0.1) is 0 Å². The zero-order valence-corrected chi connectivity index (χ0v) is 9.91. The highest BCUT2D eigenvalue weighted by Gasteiger charge is 2.31. The zero-order chi connectivity index (χ0) is 13.6. The van der Waals surface area contributed by atoms with Gasteiger partial charge in [-0.05, 0) is 24.6 Å². The maximum atomic E-state index is 12.6. The molecule has 1 aromatic carbocycles. The third-order valence-corrected chi connectivity index (χ3v) is 3.23. The number of alkyl halides is 3. The number of aryl methyl sites for hydroxylation is 1. The van der Waals surface area contributed by atoms with E-state index in [0.29, 0.717) is 11.4 Å². The van der Waals surface area contributed by atoms with Crippen molar-refractivity contribution in [2.75, 3.05) is 5.73 Å². The van der Waals surface area contributed by atoms with Crippen molar-refractivity contribution in [3.8, 4) is 11.4 Å². The lowest BCUT2D eigenvalue weighted by atomic mass is 10.1. The number of benzene rings is 1. The minimum absolute atomic E-state index is 0.0666. The zero-order valence-electron chi connectivity index (χ0n) is 9.91. The van der Waals surface area contributed by atoms with Crippen molar-refractivity contribution in [1.82, 2.24) is 14.8 Å². The number of halogens is 3. The van der Waals surface area contributed by atoms with Crippen molar-refractivity contribution in [3.05, 3.63) is 29.6 Å². The van der Waals surface area contributed by atoms with Crippen LogP contribution in [0.2, 0.25) is 0 Å². The lowest BCUT2D eigenvalue weighted by Gasteiger charge is -2.10. The van der Waals surface area contributed by atoms with Crippen LogP contribution in [0.25, 0.3) is 11.4 Å². The topological polar surface area (TPSA) is 56.7 Å². The monoisotopic (exact) mass is 268 g/mol. The number of anilines is 1. The third-order valence-electron chi connectivity index (χ3n) is 3.23. The first-order valence-corrected chi connectivity index (χ1v) is 5.86. The molecule has 0 atom stereocenters. The second-order valence-electron chi connectivity index (χ2n) is 4.49. The molecule has 2 heterocycles. The SMILES string of the molecule is Nc1cc(C(F)(F)F)ccc1-c1nnc2n1CCC2. The molecule has 0 unspecified atom stereocenters. The van der Waals surface area contributed by atoms with Crippen molar-refractivity contribution in [2.45, 2.75) is 25.6 Å². The molecule has 4 nitrogen and oxygen atoms in total. The van der Waals surface area contributed by atoms with Gasteiger partial charge in [0.25, 0.3) is 0 Å². The summed E-state index contributed by atoms with van der Waals surface area (Å²) in [6, 6.07) is 3.31. The average Bonchev–Trinajstić information content (AvgIpc) is 2.90. The second-order valence-corrected chi connectivity index (χ2v) is 4.49. The maximum absolute atomic E-state index is 12.6. The van der Waals surface area contributed by atoms with Crippen LogP contribution in [0.5, 0.6) is 0 Å². The molecule has 7 heteroatoms. The molecule has 19 heavy (non-hydrogen) atoms. The summed E-state index contributed by atoms with van der Waals surface area (Å²) in [4.78, 5) is 0. The summed E-state index contributed by atoms with van der Waals surface area (Å²) in [6.07, 6.45) is -2.58. The molecule has 0 amide bonds. The van der Waals surface area contributed by atoms with Crippen LogP contribution in [0.3, 0.4) is 0 Å². The Balaban J connectivity index is 2.06. The largest absolute Gasteiger partial charge is 0.416 e. The molecule has 0 aliphatic carbocycles. The molecule has 1 aromatic heterocycles. The van der Waals surface area contributed by atoms with Gasteiger partial charge in [0.15, 0.2) is 5.82 Å². The van der Waals surface area contributed by atoms with E-state index >= 15 is 0 Å². The fraction of sp³-hybridized carbons (Fsp3) is 0.333. The Kier molecular flexibility index (Phi) is 2.51. The maximum Gasteiger partial charge on any atom is 0.416 e. The Morgan fingerprint density at radius 2 is 2.00 bits per heavy atom. The molecule has 0 saturated heterocycles. The highest BCUT2D eigenvalue weighted by atomic mass is 19.4. The molecular weight excluding hydrogens is 257 g/mol. The Hall–Kier alpha value is -2.05. The van der Waals surface area contributed by atoms with Crippen molar-refractivity contribution in [1.29, 1.82) is 0 Å². The van der Waals surface area contributed by atoms with Gasteiger partial charge in [0.1, 0.15) is 5.82 Å². The van der Waals surface area contributed by atoms with E-state index in [9.17, 15) is 13.2 Å². The van der Waals surface area contributed by atoms with E-state index < -0.39 is 11.7 Å². The van der Waals surface area contributed by atoms with Gasteiger partial charge in [0.05, 0.1) is 5.56 Å². The van der Waals surface area contributed by atoms with Gasteiger partial charge in [-0.1, -0.05) is 0 Å². The second kappa shape index (κ2) is 3.97. The average molecular weight is 268 g/mol. The van der Waals surface area contributed by atoms with Crippen LogP contribution >= 0.6 is 0 Å². The molecular formula is C12H11F3N4. The summed E-state index contributed by atoms with van der Waals surface area (Å²) in [5.41, 5.74) is 5.53. The van der Waals surface area contributed by atoms with Crippen LogP contribution < -0.4 is 5.73 Å². The predicted molar refractivity (Wildman–Crippen MR) is 63.2 cm³/mol. The molecule has 2 aromatic rings. The van der Waals surface area contributed by atoms with Crippen LogP contribution in [-0.4, -0.2) is 14.8 Å². The fourth-order valence-electron chi connectivity index (χ4n) is 2.29. The van der Waals surface area contributed by atoms with Crippen LogP contribution in [0.1, 0.15) is 17.8 Å². The van der Waals surface area contributed by atoms with Gasteiger partial charge in [-0.25, -0.2) is 0 Å². The summed E-state index contributed by atoms with van der Waals surface area (Å²) in [7, 11) is 0. The van der Waals surface area contributed by atoms with Gasteiger partial charge in [-0.2, -0.15) is 13.2 Å². The number of rotatable bonds is 1. The van der Waals surface area contributed by atoms with Crippen LogP contribution in [0.15, 0.2) is 18.2 Å². The molecule has 1 aliphatic rings. The van der Waals surface area contributed by atoms with Gasteiger partial charge >= 0.3 is 6.18 Å². The third kappa shape index (κ3) is 1.94. The minimum Gasteiger partial charge on any atom is -0.398 e. The summed E-state index contributed by atoms with van der Waals surface area (Å²) >= 11 is 0. The smallest absolute Gasteiger partial charge is 0.398 e. The number of fused-ring (bicyclic) bond motifs is 1. The number of nitrogens with two attached hydrogens (primary N) is 1. The van der Waals surface area contributed by atoms with Crippen LogP contribution in [-0.2, 0) is 19.1 Å². The van der Waals surface area contributed by atoms with Crippen molar-refractivity contribution < 1.29 is 13.2 Å². The van der Waals surface area contributed by atoms with E-state index in [1.54, 1.807) is 0 Å². The van der Waals surface area contributed by atoms with Gasteiger partial charge < -0.3 is 10.3 Å². The Labute approximate surface area is 107 Å². The molecule has 100 valence electrons. The molecule has 2 N–H and O–H groups in total. The summed E-state index contributed by atoms with van der Waals surface area (Å²) in [5.74, 6) is 1.40. The molecule has 1 aliphatic heterocycles. The van der Waals surface area contributed by atoms with Crippen molar-refractivity contribution >= 4 is 5.69 Å². The first-order chi connectivity index (χ1) is 8.97. The van der Waals surface area contributed by atoms with Gasteiger partial charge in [-0.3, -0.25) is 0 Å². The lowest BCUT2D eigenvalue weighted by molar-refractivity contribution is -0.137. The Morgan fingerprint density at radius 3 is 2.68 bits per heavy atom. The normalized spacial score (nSPS) is 14.7. The molecule has 3 rings (SSSR count). The van der Waals surface area contributed by atoms with E-state index in [4.69, 9.17) is 5.73 Å². The van der Waals surface area contributed by atoms with Gasteiger partial charge in [0.2, 0.25) is 0 Å². The molecule has 0 saturated carbocycles. The first-order valence-electron chi connectivity index (χ1n) is 5.86. The van der Waals surface area contributed by atoms with Gasteiger partial charge in [-0.15, -0.1) is 10.2 Å². The van der Waals surface area contributed by atoms with Gasteiger partial charge in [0, 0.05) is 24.2 Å². The Morgan fingerprint density at radius 1 is 1.21 bits per heavy atom. The summed E-state index contributed by atoms with van der Waals surface area (Å²) in [5, 5.41) is 8.03. The number of hydrogen-bond donors (Lipinski definition) is 1. The molecule has 0 radical (unpaired) electrons. The Bertz CT molecular complexity index is 630. The van der Waals surface area contributed by atoms with Crippen LogP contribution in [0.4, 0.5) is 18.9 Å². The first kappa shape index (κ1) is 12.0. The highest BCUT2D eigenvalue weighted by molar-refractivity contribution is 5.72. The van der Waals surface area contributed by atoms with E-state index in [2.05, 4.69) is 10.2 Å². The van der Waals surface area contributed by atoms with E-state index in [0.717, 1.165) is 37.3 Å². The molecule has 0 bridgehead atoms. The lowest BCUT2D eigenvalue weighted by Crippen LogP contribution is -2.07. The van der Waals surface area contributed by atoms with E-state index in [1.165, 1.54) is 6.07 Å². The van der Waals surface area contributed by atoms with Crippen molar-refractivity contribution in [3.63, 3.8) is 0 Å². The number of hydrogen-bond acceptors (Lipinski definition) is 3. The number of nitrogens with zero attached hydrogens (tertiary/aromatic N) is 3. The van der Waals surface area contributed by atoms with Crippen molar-refractivity contribution in [2.24, 2.45) is 0 Å². The number of aromatic nitrogens is 3. The predicted octanol–water partition coefficient (Wildman–Crippen LogP) is 2.49. The van der Waals surface area contributed by atoms with E-state index in [-0.39, 0.29) is 5.69 Å². The van der Waals surface area contributed by atoms with E-state index in [1.807, 2.05) is 4.57 Å². The number of nitrogen functional groups attached to an aromatic ring is 1. The quantitative estimate of drug-likeness (QED) is 0.808.